The molecular weight excluding hydrogens is 526 g/mol. The number of amides is 2. The number of methoxy groups -OCH3 is 1. The normalized spacial score (nSPS) is 11.9. The summed E-state index contributed by atoms with van der Waals surface area (Å²) in [5, 5.41) is 2.90. The third-order valence-corrected chi connectivity index (χ3v) is 8.47. The third kappa shape index (κ3) is 7.85. The van der Waals surface area contributed by atoms with E-state index in [1.807, 2.05) is 45.0 Å². The average Bonchev–Trinajstić information content (AvgIpc) is 2.94. The molecule has 0 bridgehead atoms. The second kappa shape index (κ2) is 14.0. The molecule has 0 aliphatic carbocycles. The highest BCUT2D eigenvalue weighted by molar-refractivity contribution is 7.92. The molecule has 3 aromatic rings. The van der Waals surface area contributed by atoms with E-state index in [0.717, 1.165) is 33.8 Å². The maximum absolute atomic E-state index is 14.0. The Kier molecular flexibility index (Phi) is 10.7. The lowest BCUT2D eigenvalue weighted by atomic mass is 10.1. The van der Waals surface area contributed by atoms with Gasteiger partial charge in [-0.2, -0.15) is 0 Å². The fourth-order valence-electron chi connectivity index (χ4n) is 4.24. The summed E-state index contributed by atoms with van der Waals surface area (Å²) in [6, 6.07) is 19.9. The summed E-state index contributed by atoms with van der Waals surface area (Å²) in [6.07, 6.45) is 1.75. The van der Waals surface area contributed by atoms with Crippen LogP contribution in [0.25, 0.3) is 0 Å². The van der Waals surface area contributed by atoms with Gasteiger partial charge in [-0.15, -0.1) is 0 Å². The van der Waals surface area contributed by atoms with E-state index < -0.39 is 28.5 Å². The van der Waals surface area contributed by atoms with Crippen LogP contribution in [0.4, 0.5) is 5.69 Å². The van der Waals surface area contributed by atoms with Gasteiger partial charge in [-0.3, -0.25) is 13.9 Å². The van der Waals surface area contributed by atoms with Crippen molar-refractivity contribution in [2.24, 2.45) is 0 Å². The van der Waals surface area contributed by atoms with E-state index in [2.05, 4.69) is 5.32 Å². The number of nitrogens with one attached hydrogen (secondary N) is 1. The van der Waals surface area contributed by atoms with Gasteiger partial charge >= 0.3 is 0 Å². The van der Waals surface area contributed by atoms with Crippen LogP contribution < -0.4 is 14.4 Å². The highest BCUT2D eigenvalue weighted by atomic mass is 32.2. The molecule has 0 aliphatic rings. The smallest absolute Gasteiger partial charge is 0.264 e. The van der Waals surface area contributed by atoms with Crippen molar-refractivity contribution in [2.45, 2.75) is 58.0 Å². The van der Waals surface area contributed by atoms with Crippen molar-refractivity contribution in [3.8, 4) is 5.75 Å². The minimum absolute atomic E-state index is 0.0252. The van der Waals surface area contributed by atoms with E-state index in [9.17, 15) is 18.0 Å². The monoisotopic (exact) mass is 565 g/mol. The molecule has 0 fully saturated rings. The van der Waals surface area contributed by atoms with Crippen molar-refractivity contribution in [1.82, 2.24) is 10.2 Å². The van der Waals surface area contributed by atoms with Crippen LogP contribution in [0.1, 0.15) is 43.4 Å². The van der Waals surface area contributed by atoms with Gasteiger partial charge in [-0.05, 0) is 69.2 Å². The summed E-state index contributed by atoms with van der Waals surface area (Å²) in [5.74, 6) is -0.254. The molecule has 1 N–H and O–H groups in total. The Morgan fingerprint density at radius 3 is 2.23 bits per heavy atom. The number of nitrogens with zero attached hydrogens (tertiary/aromatic N) is 2. The Balaban J connectivity index is 2.00. The zero-order chi connectivity index (χ0) is 29.3. The van der Waals surface area contributed by atoms with Gasteiger partial charge in [-0.1, -0.05) is 60.9 Å². The molecule has 3 rings (SSSR count). The highest BCUT2D eigenvalue weighted by Crippen LogP contribution is 2.26. The molecule has 214 valence electrons. The number of ether oxygens (including phenoxy) is 1. The molecule has 0 heterocycles. The molecule has 0 saturated carbocycles. The number of aryl methyl sites for hydroxylation is 2. The van der Waals surface area contributed by atoms with Crippen LogP contribution in [-0.4, -0.2) is 51.4 Å². The van der Waals surface area contributed by atoms with Gasteiger partial charge in [0.05, 0.1) is 17.7 Å². The maximum Gasteiger partial charge on any atom is 0.264 e. The molecular formula is C31H39N3O5S. The number of carbonyl (C=O) groups excluding carboxylic acids is 2. The van der Waals surface area contributed by atoms with Gasteiger partial charge in [-0.25, -0.2) is 8.42 Å². The predicted octanol–water partition coefficient (Wildman–Crippen LogP) is 4.84. The molecule has 0 radical (unpaired) electrons. The van der Waals surface area contributed by atoms with Crippen molar-refractivity contribution in [2.75, 3.05) is 24.5 Å². The second-order valence-corrected chi connectivity index (χ2v) is 11.7. The molecule has 0 saturated heterocycles. The lowest BCUT2D eigenvalue weighted by molar-refractivity contribution is -0.139. The van der Waals surface area contributed by atoms with Crippen LogP contribution in [0.2, 0.25) is 0 Å². The molecule has 0 unspecified atom stereocenters. The Morgan fingerprint density at radius 2 is 1.62 bits per heavy atom. The van der Waals surface area contributed by atoms with Crippen LogP contribution >= 0.6 is 0 Å². The van der Waals surface area contributed by atoms with Gasteiger partial charge in [0.1, 0.15) is 18.3 Å². The molecule has 2 amide bonds. The predicted molar refractivity (Wildman–Crippen MR) is 158 cm³/mol. The molecule has 0 spiro atoms. The molecule has 3 aromatic carbocycles. The number of hydrogen-bond donors (Lipinski definition) is 1. The zero-order valence-corrected chi connectivity index (χ0v) is 24.7. The van der Waals surface area contributed by atoms with Gasteiger partial charge < -0.3 is 15.0 Å². The van der Waals surface area contributed by atoms with Crippen LogP contribution in [0, 0.1) is 13.8 Å². The molecule has 40 heavy (non-hydrogen) atoms. The summed E-state index contributed by atoms with van der Waals surface area (Å²) in [7, 11) is -2.63. The summed E-state index contributed by atoms with van der Waals surface area (Å²) in [5.41, 5.74) is 3.18. The van der Waals surface area contributed by atoms with E-state index in [1.54, 1.807) is 43.3 Å². The third-order valence-electron chi connectivity index (χ3n) is 6.68. The lowest BCUT2D eigenvalue weighted by Crippen LogP contribution is -2.51. The first-order valence-corrected chi connectivity index (χ1v) is 14.9. The summed E-state index contributed by atoms with van der Waals surface area (Å²) < 4.78 is 34.1. The quantitative estimate of drug-likeness (QED) is 0.299. The fourth-order valence-corrected chi connectivity index (χ4v) is 5.65. The summed E-state index contributed by atoms with van der Waals surface area (Å²) in [4.78, 5) is 28.5. The standard InChI is InChI=1S/C31H39N3O5S/c1-6-7-19-32-31(36)25(4)33(21-26-10-8-9-24(3)20-26)30(35)22-34(27-13-11-23(2)12-14-27)40(37,38)29-17-15-28(39-5)16-18-29/h8-18,20,25H,6-7,19,21-22H2,1-5H3,(H,32,36)/t25-/m1/s1. The van der Waals surface area contributed by atoms with Crippen LogP contribution in [0.5, 0.6) is 5.75 Å². The largest absolute Gasteiger partial charge is 0.497 e. The van der Waals surface area contributed by atoms with E-state index >= 15 is 0 Å². The van der Waals surface area contributed by atoms with Crippen molar-refractivity contribution >= 4 is 27.5 Å². The minimum atomic E-state index is -4.13. The van der Waals surface area contributed by atoms with E-state index in [4.69, 9.17) is 4.74 Å². The molecule has 9 heteroatoms. The first kappa shape index (κ1) is 30.7. The van der Waals surface area contributed by atoms with Crippen molar-refractivity contribution in [3.05, 3.63) is 89.5 Å². The van der Waals surface area contributed by atoms with Gasteiger partial charge in [0.25, 0.3) is 10.0 Å². The number of rotatable bonds is 13. The minimum Gasteiger partial charge on any atom is -0.497 e. The Labute approximate surface area is 238 Å². The zero-order valence-electron chi connectivity index (χ0n) is 23.9. The highest BCUT2D eigenvalue weighted by Gasteiger charge is 2.32. The lowest BCUT2D eigenvalue weighted by Gasteiger charge is -2.32. The van der Waals surface area contributed by atoms with Crippen molar-refractivity contribution in [1.29, 1.82) is 0 Å². The SMILES string of the molecule is CCCCNC(=O)[C@@H](C)N(Cc1cccc(C)c1)C(=O)CN(c1ccc(C)cc1)S(=O)(=O)c1ccc(OC)cc1. The van der Waals surface area contributed by atoms with E-state index in [-0.39, 0.29) is 17.3 Å². The van der Waals surface area contributed by atoms with Crippen LogP contribution in [0.3, 0.4) is 0 Å². The van der Waals surface area contributed by atoms with Gasteiger partial charge in [0.15, 0.2) is 0 Å². The molecule has 1 atom stereocenters. The van der Waals surface area contributed by atoms with E-state index in [1.165, 1.54) is 24.1 Å². The number of anilines is 1. The average molecular weight is 566 g/mol. The number of benzene rings is 3. The van der Waals surface area contributed by atoms with Gasteiger partial charge in [0, 0.05) is 13.1 Å². The molecule has 0 aromatic heterocycles. The second-order valence-electron chi connectivity index (χ2n) is 9.85. The Hall–Kier alpha value is -3.85. The fraction of sp³-hybridized carbons (Fsp3) is 0.355. The number of carbonyl (C=O) groups is 2. The van der Waals surface area contributed by atoms with E-state index in [0.29, 0.717) is 18.0 Å². The number of sulfonamides is 1. The summed E-state index contributed by atoms with van der Waals surface area (Å²) >= 11 is 0. The topological polar surface area (TPSA) is 96.0 Å². The Bertz CT molecular complexity index is 1390. The number of hydrogen-bond acceptors (Lipinski definition) is 5. The Morgan fingerprint density at radius 1 is 0.950 bits per heavy atom. The first-order chi connectivity index (χ1) is 19.1. The van der Waals surface area contributed by atoms with Crippen molar-refractivity contribution in [3.63, 3.8) is 0 Å². The van der Waals surface area contributed by atoms with Crippen LogP contribution in [-0.2, 0) is 26.2 Å². The summed E-state index contributed by atoms with van der Waals surface area (Å²) in [6.45, 7) is 7.75. The molecule has 0 aliphatic heterocycles. The van der Waals surface area contributed by atoms with Crippen molar-refractivity contribution < 1.29 is 22.7 Å². The molecule has 8 nitrogen and oxygen atoms in total. The number of unbranched alkanes of at least 4 members (excludes halogenated alkanes) is 1. The van der Waals surface area contributed by atoms with Crippen LogP contribution in [0.15, 0.2) is 77.7 Å². The first-order valence-electron chi connectivity index (χ1n) is 13.4. The maximum atomic E-state index is 14.0. The van der Waals surface area contributed by atoms with Gasteiger partial charge in [0.2, 0.25) is 11.8 Å².